The summed E-state index contributed by atoms with van der Waals surface area (Å²) in [7, 11) is 0. The molecule has 2 heterocycles. The van der Waals surface area contributed by atoms with E-state index < -0.39 is 12.0 Å². The molecule has 0 unspecified atom stereocenters. The van der Waals surface area contributed by atoms with E-state index in [0.29, 0.717) is 5.92 Å². The predicted octanol–water partition coefficient (Wildman–Crippen LogP) is 1.62. The number of hydrogen-bond acceptors (Lipinski definition) is 4. The summed E-state index contributed by atoms with van der Waals surface area (Å²) in [5, 5.41) is 12.2. The lowest BCUT2D eigenvalue weighted by atomic mass is 9.69. The summed E-state index contributed by atoms with van der Waals surface area (Å²) in [5.74, 6) is -1.09. The van der Waals surface area contributed by atoms with E-state index in [0.717, 1.165) is 11.1 Å². The number of fused-ring (bicyclic) bond motifs is 2. The molecule has 1 saturated heterocycles. The van der Waals surface area contributed by atoms with E-state index in [9.17, 15) is 19.5 Å². The van der Waals surface area contributed by atoms with Gasteiger partial charge in [0, 0.05) is 5.25 Å². The highest BCUT2D eigenvalue weighted by atomic mass is 32.2. The van der Waals surface area contributed by atoms with Gasteiger partial charge in [0.25, 0.3) is 5.91 Å². The van der Waals surface area contributed by atoms with Crippen LogP contribution in [0.3, 0.4) is 0 Å². The number of aliphatic carboxylic acids is 1. The van der Waals surface area contributed by atoms with Gasteiger partial charge < -0.3 is 10.4 Å². The van der Waals surface area contributed by atoms with E-state index in [1.807, 2.05) is 37.3 Å². The fraction of sp³-hybridized carbons (Fsp3) is 0.421. The summed E-state index contributed by atoms with van der Waals surface area (Å²) in [6.45, 7) is 4.11. The van der Waals surface area contributed by atoms with Crippen LogP contribution in [0, 0.1) is 11.8 Å². The lowest BCUT2D eigenvalue weighted by Gasteiger charge is -2.57. The van der Waals surface area contributed by atoms with Gasteiger partial charge in [-0.05, 0) is 23.0 Å². The van der Waals surface area contributed by atoms with Crippen LogP contribution in [0.4, 0.5) is 0 Å². The third-order valence-corrected chi connectivity index (χ3v) is 7.37. The molecule has 1 saturated carbocycles. The van der Waals surface area contributed by atoms with Crippen LogP contribution in [0.15, 0.2) is 41.6 Å². The zero-order valence-corrected chi connectivity index (χ0v) is 15.3. The number of carboxylic acids is 1. The van der Waals surface area contributed by atoms with Gasteiger partial charge in [0.2, 0.25) is 5.91 Å². The van der Waals surface area contributed by atoms with Crippen molar-refractivity contribution in [2.75, 3.05) is 0 Å². The van der Waals surface area contributed by atoms with E-state index in [4.69, 9.17) is 0 Å². The molecule has 3 aliphatic rings. The van der Waals surface area contributed by atoms with Crippen molar-refractivity contribution < 1.29 is 19.5 Å². The smallest absolute Gasteiger partial charge is 0.352 e. The molecule has 2 fully saturated rings. The molecule has 0 aromatic heterocycles. The second kappa shape index (κ2) is 6.16. The van der Waals surface area contributed by atoms with Crippen molar-refractivity contribution in [1.29, 1.82) is 0 Å². The number of carboxylic acid groups (broad SMARTS) is 1. The van der Waals surface area contributed by atoms with E-state index in [1.165, 1.54) is 4.90 Å². The van der Waals surface area contributed by atoms with Crippen molar-refractivity contribution in [2.45, 2.75) is 36.9 Å². The largest absolute Gasteiger partial charge is 0.477 e. The molecule has 7 heteroatoms. The van der Waals surface area contributed by atoms with E-state index >= 15 is 0 Å². The first-order valence-electron chi connectivity index (χ1n) is 8.69. The molecular formula is C19H20N2O4S. The Bertz CT molecular complexity index is 822. The molecule has 0 radical (unpaired) electrons. The fourth-order valence-corrected chi connectivity index (χ4v) is 5.94. The topological polar surface area (TPSA) is 86.7 Å². The van der Waals surface area contributed by atoms with Gasteiger partial charge in [0.15, 0.2) is 0 Å². The van der Waals surface area contributed by atoms with Crippen LogP contribution in [0.1, 0.15) is 19.4 Å². The first kappa shape index (κ1) is 17.1. The number of benzene rings is 1. The number of amides is 2. The maximum atomic E-state index is 12.6. The molecule has 2 amide bonds. The maximum Gasteiger partial charge on any atom is 0.352 e. The number of nitrogens with one attached hydrogen (secondary N) is 1. The minimum Gasteiger partial charge on any atom is -0.477 e. The number of hydrogen-bond donors (Lipinski definition) is 2. The molecule has 2 N–H and O–H groups in total. The van der Waals surface area contributed by atoms with Crippen LogP contribution >= 0.6 is 11.8 Å². The number of carbonyl (C=O) groups is 3. The van der Waals surface area contributed by atoms with Crippen LogP contribution < -0.4 is 5.32 Å². The Kier molecular flexibility index (Phi) is 4.06. The first-order chi connectivity index (χ1) is 12.4. The van der Waals surface area contributed by atoms with Crippen LogP contribution in [-0.2, 0) is 20.8 Å². The molecule has 6 nitrogen and oxygen atoms in total. The number of carbonyl (C=O) groups excluding carboxylic acids is 2. The summed E-state index contributed by atoms with van der Waals surface area (Å²) in [6, 6.07) is 8.67. The van der Waals surface area contributed by atoms with Gasteiger partial charge in [0.05, 0.1) is 6.42 Å². The molecule has 1 aromatic carbocycles. The summed E-state index contributed by atoms with van der Waals surface area (Å²) >= 11 is 1.59. The van der Waals surface area contributed by atoms with E-state index in [-0.39, 0.29) is 40.5 Å². The minimum atomic E-state index is -1.06. The van der Waals surface area contributed by atoms with Crippen molar-refractivity contribution in [2.24, 2.45) is 11.8 Å². The molecule has 2 aliphatic heterocycles. The van der Waals surface area contributed by atoms with Gasteiger partial charge in [-0.15, -0.1) is 11.8 Å². The van der Waals surface area contributed by atoms with Crippen molar-refractivity contribution in [3.8, 4) is 0 Å². The highest BCUT2D eigenvalue weighted by Gasteiger charge is 2.60. The predicted molar refractivity (Wildman–Crippen MR) is 97.1 cm³/mol. The number of thioether (sulfide) groups is 1. The van der Waals surface area contributed by atoms with Gasteiger partial charge in [-0.25, -0.2) is 4.79 Å². The van der Waals surface area contributed by atoms with Crippen molar-refractivity contribution in [3.63, 3.8) is 0 Å². The van der Waals surface area contributed by atoms with Gasteiger partial charge in [-0.3, -0.25) is 14.5 Å². The molecule has 4 rings (SSSR count). The lowest BCUT2D eigenvalue weighted by Crippen LogP contribution is -2.72. The Balaban J connectivity index is 1.51. The minimum absolute atomic E-state index is 0.110. The molecule has 5 atom stereocenters. The monoisotopic (exact) mass is 372 g/mol. The zero-order chi connectivity index (χ0) is 18.6. The molecular weight excluding hydrogens is 352 g/mol. The zero-order valence-electron chi connectivity index (χ0n) is 14.5. The van der Waals surface area contributed by atoms with Crippen molar-refractivity contribution in [1.82, 2.24) is 10.2 Å². The van der Waals surface area contributed by atoms with Crippen LogP contribution in [0.2, 0.25) is 0 Å². The van der Waals surface area contributed by atoms with Crippen molar-refractivity contribution in [3.05, 3.63) is 47.2 Å². The fourth-order valence-electron chi connectivity index (χ4n) is 4.01. The third kappa shape index (κ3) is 2.45. The molecule has 136 valence electrons. The quantitative estimate of drug-likeness (QED) is 0.785. The normalized spacial score (nSPS) is 32.2. The summed E-state index contributed by atoms with van der Waals surface area (Å²) < 4.78 is 0. The van der Waals surface area contributed by atoms with Gasteiger partial charge in [-0.2, -0.15) is 0 Å². The summed E-state index contributed by atoms with van der Waals surface area (Å²) in [4.78, 5) is 38.0. The number of rotatable bonds is 4. The Morgan fingerprint density at radius 1 is 1.23 bits per heavy atom. The SMILES string of the molecule is C[C@H]1[C@H](C)C2=C(C(=O)O)N3C(=O)[C@@H](NC(=O)Cc4ccccc4)[C@H]3S[C@H]21. The average molecular weight is 372 g/mol. The van der Waals surface area contributed by atoms with Crippen LogP contribution in [0.25, 0.3) is 0 Å². The van der Waals surface area contributed by atoms with Gasteiger partial charge in [-0.1, -0.05) is 44.2 Å². The van der Waals surface area contributed by atoms with E-state index in [1.54, 1.807) is 11.8 Å². The second-order valence-corrected chi connectivity index (χ2v) is 8.38. The third-order valence-electron chi connectivity index (χ3n) is 5.63. The van der Waals surface area contributed by atoms with Gasteiger partial charge >= 0.3 is 5.97 Å². The Morgan fingerprint density at radius 2 is 1.92 bits per heavy atom. The summed E-state index contributed by atoms with van der Waals surface area (Å²) in [5.41, 5.74) is 1.86. The second-order valence-electron chi connectivity index (χ2n) is 7.12. The van der Waals surface area contributed by atoms with Crippen LogP contribution in [-0.4, -0.2) is 44.5 Å². The molecule has 0 spiro atoms. The Hall–Kier alpha value is -2.28. The maximum absolute atomic E-state index is 12.6. The van der Waals surface area contributed by atoms with E-state index in [2.05, 4.69) is 12.2 Å². The summed E-state index contributed by atoms with van der Waals surface area (Å²) in [6.07, 6.45) is 0.200. The molecule has 1 aliphatic carbocycles. The highest BCUT2D eigenvalue weighted by molar-refractivity contribution is 8.01. The molecule has 1 aromatic rings. The Labute approximate surface area is 155 Å². The molecule has 0 bridgehead atoms. The van der Waals surface area contributed by atoms with Crippen molar-refractivity contribution >= 4 is 29.5 Å². The van der Waals surface area contributed by atoms with Crippen LogP contribution in [0.5, 0.6) is 0 Å². The first-order valence-corrected chi connectivity index (χ1v) is 9.63. The average Bonchev–Trinajstić information content (AvgIpc) is 2.64. The molecule has 26 heavy (non-hydrogen) atoms. The lowest BCUT2D eigenvalue weighted by molar-refractivity contribution is -0.151. The standard InChI is InChI=1S/C19H20N2O4S/c1-9-10(2)16-13(9)15(19(24)25)21-17(23)14(18(21)26-16)20-12(22)8-11-6-4-3-5-7-11/h3-7,9-10,14,16,18H,8H2,1-2H3,(H,20,22)(H,24,25)/t9-,10-,14+,16-,18+/m0/s1. The Morgan fingerprint density at radius 3 is 2.58 bits per heavy atom. The number of β-lactam (4-membered cyclic amide) rings is 1. The number of nitrogens with zero attached hydrogens (tertiary/aromatic N) is 1. The highest BCUT2D eigenvalue weighted by Crippen LogP contribution is 2.56. The van der Waals surface area contributed by atoms with Gasteiger partial charge in [0.1, 0.15) is 17.1 Å².